The van der Waals surface area contributed by atoms with Gasteiger partial charge in [-0.3, -0.25) is 4.90 Å². The molecule has 2 atom stereocenters. The fraction of sp³-hybridized carbons (Fsp3) is 0.321. The van der Waals surface area contributed by atoms with Crippen LogP contribution in [0.5, 0.6) is 5.75 Å². The lowest BCUT2D eigenvalue weighted by Gasteiger charge is -2.41. The van der Waals surface area contributed by atoms with E-state index in [-0.39, 0.29) is 6.04 Å². The normalized spacial score (nSPS) is 17.9. The number of benzene rings is 3. The molecule has 0 saturated carbocycles. The molecule has 1 heterocycles. The van der Waals surface area contributed by atoms with E-state index in [2.05, 4.69) is 65.6 Å². The highest BCUT2D eigenvalue weighted by molar-refractivity contribution is 5.64. The monoisotopic (exact) mass is 413 g/mol. The number of piperidine rings is 1. The molecule has 3 aromatic carbocycles. The van der Waals surface area contributed by atoms with Crippen LogP contribution in [0.3, 0.4) is 0 Å². The summed E-state index contributed by atoms with van der Waals surface area (Å²) in [7, 11) is 1.68. The van der Waals surface area contributed by atoms with Crippen LogP contribution in [-0.2, 0) is 4.79 Å². The summed E-state index contributed by atoms with van der Waals surface area (Å²) < 4.78 is 5.59. The fourth-order valence-corrected chi connectivity index (χ4v) is 4.99. The maximum absolute atomic E-state index is 12.3. The Hall–Kier alpha value is -2.91. The molecule has 160 valence electrons. The largest absolute Gasteiger partial charge is 0.496 e. The zero-order valence-corrected chi connectivity index (χ0v) is 18.2. The molecule has 4 rings (SSSR count). The van der Waals surface area contributed by atoms with Crippen molar-refractivity contribution in [1.29, 1.82) is 0 Å². The number of hydrogen-bond acceptors (Lipinski definition) is 3. The van der Waals surface area contributed by atoms with Gasteiger partial charge in [0.15, 0.2) is 0 Å². The van der Waals surface area contributed by atoms with Crippen molar-refractivity contribution in [1.82, 2.24) is 4.90 Å². The Morgan fingerprint density at radius 2 is 1.52 bits per heavy atom. The van der Waals surface area contributed by atoms with E-state index in [1.165, 1.54) is 17.5 Å². The molecular weight excluding hydrogens is 382 g/mol. The van der Waals surface area contributed by atoms with E-state index in [0.29, 0.717) is 12.0 Å². The zero-order valence-electron chi connectivity index (χ0n) is 18.2. The molecule has 0 aromatic heterocycles. The topological polar surface area (TPSA) is 29.5 Å². The van der Waals surface area contributed by atoms with Gasteiger partial charge in [-0.1, -0.05) is 85.3 Å². The average molecular weight is 414 g/mol. The number of hydrogen-bond donors (Lipinski definition) is 0. The van der Waals surface area contributed by atoms with Crippen molar-refractivity contribution in [3.8, 4) is 5.75 Å². The summed E-state index contributed by atoms with van der Waals surface area (Å²) in [6, 6.07) is 29.5. The SMILES string of the molecule is COc1ccccc1C(C=O)N1CCCCC1CC(c1ccccc1)c1ccccc1. The van der Waals surface area contributed by atoms with Crippen LogP contribution in [0, 0.1) is 0 Å². The van der Waals surface area contributed by atoms with Crippen molar-refractivity contribution >= 4 is 6.29 Å². The van der Waals surface area contributed by atoms with E-state index in [4.69, 9.17) is 4.74 Å². The maximum Gasteiger partial charge on any atom is 0.141 e. The van der Waals surface area contributed by atoms with Gasteiger partial charge in [-0.15, -0.1) is 0 Å². The van der Waals surface area contributed by atoms with Gasteiger partial charge in [-0.25, -0.2) is 0 Å². The lowest BCUT2D eigenvalue weighted by molar-refractivity contribution is -0.114. The molecule has 3 nitrogen and oxygen atoms in total. The van der Waals surface area contributed by atoms with Crippen LogP contribution in [0.2, 0.25) is 0 Å². The molecule has 1 aliphatic heterocycles. The van der Waals surface area contributed by atoms with Gasteiger partial charge in [0.25, 0.3) is 0 Å². The molecule has 3 aromatic rings. The Balaban J connectivity index is 1.66. The van der Waals surface area contributed by atoms with Gasteiger partial charge >= 0.3 is 0 Å². The lowest BCUT2D eigenvalue weighted by Crippen LogP contribution is -2.43. The van der Waals surface area contributed by atoms with Crippen LogP contribution in [0.25, 0.3) is 0 Å². The van der Waals surface area contributed by atoms with Gasteiger partial charge < -0.3 is 9.53 Å². The number of rotatable bonds is 8. The number of nitrogens with zero attached hydrogens (tertiary/aromatic N) is 1. The first-order chi connectivity index (χ1) is 15.3. The van der Waals surface area contributed by atoms with Gasteiger partial charge in [0.1, 0.15) is 12.0 Å². The molecule has 0 spiro atoms. The molecule has 1 fully saturated rings. The van der Waals surface area contributed by atoms with E-state index in [9.17, 15) is 4.79 Å². The summed E-state index contributed by atoms with van der Waals surface area (Å²) in [5, 5.41) is 0. The molecule has 0 bridgehead atoms. The molecule has 1 saturated heterocycles. The highest BCUT2D eigenvalue weighted by Gasteiger charge is 2.33. The van der Waals surface area contributed by atoms with Gasteiger partial charge in [0.05, 0.1) is 13.2 Å². The van der Waals surface area contributed by atoms with E-state index >= 15 is 0 Å². The number of aldehydes is 1. The standard InChI is InChI=1S/C28H31NO2/c1-31-28-18-9-8-17-25(28)27(21-30)29-19-11-10-16-24(29)20-26(22-12-4-2-5-13-22)23-14-6-3-7-15-23/h2-9,12-15,17-18,21,24,26-27H,10-11,16,19-20H2,1H3. The van der Waals surface area contributed by atoms with Crippen molar-refractivity contribution in [2.24, 2.45) is 0 Å². The van der Waals surface area contributed by atoms with E-state index in [1.807, 2.05) is 24.3 Å². The van der Waals surface area contributed by atoms with E-state index < -0.39 is 0 Å². The summed E-state index contributed by atoms with van der Waals surface area (Å²) >= 11 is 0. The second-order valence-corrected chi connectivity index (χ2v) is 8.32. The van der Waals surface area contributed by atoms with Gasteiger partial charge in [0, 0.05) is 17.5 Å². The molecule has 0 radical (unpaired) electrons. The van der Waals surface area contributed by atoms with Crippen molar-refractivity contribution in [2.75, 3.05) is 13.7 Å². The molecule has 3 heteroatoms. The number of ether oxygens (including phenoxy) is 1. The van der Waals surface area contributed by atoms with Crippen molar-refractivity contribution in [3.63, 3.8) is 0 Å². The quantitative estimate of drug-likeness (QED) is 0.424. The van der Waals surface area contributed by atoms with Crippen LogP contribution >= 0.6 is 0 Å². The number of methoxy groups -OCH3 is 1. The second kappa shape index (κ2) is 10.4. The van der Waals surface area contributed by atoms with E-state index in [1.54, 1.807) is 7.11 Å². The van der Waals surface area contributed by atoms with Crippen LogP contribution in [0.15, 0.2) is 84.9 Å². The Bertz CT molecular complexity index is 918. The highest BCUT2D eigenvalue weighted by Crippen LogP contribution is 2.38. The van der Waals surface area contributed by atoms with Gasteiger partial charge in [-0.05, 0) is 43.0 Å². The fourth-order valence-electron chi connectivity index (χ4n) is 4.99. The molecule has 2 unspecified atom stereocenters. The third kappa shape index (κ3) is 4.88. The Morgan fingerprint density at radius 1 is 0.903 bits per heavy atom. The number of para-hydroxylation sites is 1. The number of carbonyl (C=O) groups is 1. The summed E-state index contributed by atoms with van der Waals surface area (Å²) in [5.74, 6) is 1.09. The minimum atomic E-state index is -0.284. The van der Waals surface area contributed by atoms with Crippen LogP contribution in [0.1, 0.15) is 54.3 Å². The lowest BCUT2D eigenvalue weighted by atomic mass is 9.82. The molecule has 0 amide bonds. The number of likely N-dealkylation sites (tertiary alicyclic amines) is 1. The maximum atomic E-state index is 12.3. The Kier molecular flexibility index (Phi) is 7.16. The van der Waals surface area contributed by atoms with Gasteiger partial charge in [-0.2, -0.15) is 0 Å². The first-order valence-corrected chi connectivity index (χ1v) is 11.3. The van der Waals surface area contributed by atoms with Crippen molar-refractivity contribution in [3.05, 3.63) is 102 Å². The first kappa shape index (κ1) is 21.3. The third-order valence-electron chi connectivity index (χ3n) is 6.53. The van der Waals surface area contributed by atoms with Crippen molar-refractivity contribution in [2.45, 2.75) is 43.7 Å². The molecule has 1 aliphatic rings. The van der Waals surface area contributed by atoms with E-state index in [0.717, 1.165) is 43.4 Å². The minimum absolute atomic E-state index is 0.284. The second-order valence-electron chi connectivity index (χ2n) is 8.32. The summed E-state index contributed by atoms with van der Waals surface area (Å²) in [6.45, 7) is 0.933. The predicted octanol–water partition coefficient (Wildman–Crippen LogP) is 6.01. The van der Waals surface area contributed by atoms with Crippen molar-refractivity contribution < 1.29 is 9.53 Å². The molecule has 0 N–H and O–H groups in total. The first-order valence-electron chi connectivity index (χ1n) is 11.3. The molecular formula is C28H31NO2. The van der Waals surface area contributed by atoms with Crippen LogP contribution < -0.4 is 4.74 Å². The Labute approximate surface area is 185 Å². The smallest absolute Gasteiger partial charge is 0.141 e. The zero-order chi connectivity index (χ0) is 21.5. The molecule has 31 heavy (non-hydrogen) atoms. The van der Waals surface area contributed by atoms with Crippen LogP contribution in [-0.4, -0.2) is 30.9 Å². The predicted molar refractivity (Wildman–Crippen MR) is 125 cm³/mol. The summed E-state index contributed by atoms with van der Waals surface area (Å²) in [5.41, 5.74) is 3.63. The summed E-state index contributed by atoms with van der Waals surface area (Å²) in [6.07, 6.45) is 5.52. The highest BCUT2D eigenvalue weighted by atomic mass is 16.5. The Morgan fingerprint density at radius 3 is 2.13 bits per heavy atom. The third-order valence-corrected chi connectivity index (χ3v) is 6.53. The number of carbonyl (C=O) groups excluding carboxylic acids is 1. The minimum Gasteiger partial charge on any atom is -0.496 e. The average Bonchev–Trinajstić information content (AvgIpc) is 2.85. The van der Waals surface area contributed by atoms with Crippen LogP contribution in [0.4, 0.5) is 0 Å². The summed E-state index contributed by atoms with van der Waals surface area (Å²) in [4.78, 5) is 14.8. The van der Waals surface area contributed by atoms with Gasteiger partial charge in [0.2, 0.25) is 0 Å². The molecule has 0 aliphatic carbocycles.